The first kappa shape index (κ1) is 60.0. The molecule has 6 heteroatoms. The zero-order valence-electron chi connectivity index (χ0n) is 40.9. The van der Waals surface area contributed by atoms with Crippen LogP contribution in [0.5, 0.6) is 0 Å². The highest BCUT2D eigenvalue weighted by molar-refractivity contribution is 5.71. The maximum absolute atomic E-state index is 12.8. The molecule has 0 N–H and O–H groups in total. The van der Waals surface area contributed by atoms with Crippen molar-refractivity contribution in [2.24, 2.45) is 0 Å². The minimum Gasteiger partial charge on any atom is -0.462 e. The molecule has 0 heterocycles. The topological polar surface area (TPSA) is 78.9 Å². The van der Waals surface area contributed by atoms with E-state index >= 15 is 0 Å². The zero-order valence-corrected chi connectivity index (χ0v) is 40.9. The second kappa shape index (κ2) is 51.7. The van der Waals surface area contributed by atoms with Gasteiger partial charge >= 0.3 is 17.9 Å². The highest BCUT2D eigenvalue weighted by atomic mass is 16.6. The van der Waals surface area contributed by atoms with E-state index in [0.29, 0.717) is 12.8 Å². The highest BCUT2D eigenvalue weighted by Crippen LogP contribution is 2.12. The minimum absolute atomic E-state index is 0.137. The quantitative estimate of drug-likeness (QED) is 0.0200. The lowest BCUT2D eigenvalue weighted by Gasteiger charge is -2.18. The van der Waals surface area contributed by atoms with Gasteiger partial charge in [0.1, 0.15) is 13.2 Å². The Bertz CT molecular complexity index is 1540. The Labute approximate surface area is 397 Å². The van der Waals surface area contributed by atoms with Crippen molar-refractivity contribution in [3.63, 3.8) is 0 Å². The molecular weight excluding hydrogens is 805 g/mol. The van der Waals surface area contributed by atoms with Crippen LogP contribution in [0.15, 0.2) is 158 Å². The standard InChI is InChI=1S/C59H88O6/c1-4-7-10-13-16-19-22-25-27-28-29-30-32-34-37-40-43-46-49-52-58(61)64-55-56(54-63-57(60)51-48-45-42-39-36-33-24-21-18-15-12-9-6-3)65-59(62)53-50-47-44-41-38-35-31-26-23-20-17-14-11-8-5-2/h7-8,10-11,13-14,16-17,19-20,22-23,25-34,36-37,42,45,56H,4-6,9,12,15,18,21,24,35,38-41,43-44,46-55H2,1-3H3/b10-7-,11-8-,16-13-,17-14-,22-19-,23-20-,27-25-,29-28+,31-26-,32-30-,36-33-,37-34-,45-42-. The van der Waals surface area contributed by atoms with Gasteiger partial charge < -0.3 is 14.2 Å². The molecule has 0 bridgehead atoms. The first-order valence-electron chi connectivity index (χ1n) is 25.1. The number of unbranched alkanes of at least 4 members (excludes halogenated alkanes) is 14. The molecule has 6 nitrogen and oxygen atoms in total. The first-order valence-corrected chi connectivity index (χ1v) is 25.1. The van der Waals surface area contributed by atoms with Crippen LogP contribution < -0.4 is 0 Å². The summed E-state index contributed by atoms with van der Waals surface area (Å²) in [6.45, 7) is 6.20. The van der Waals surface area contributed by atoms with Crippen LogP contribution in [0.3, 0.4) is 0 Å². The van der Waals surface area contributed by atoms with Crippen LogP contribution in [-0.4, -0.2) is 37.2 Å². The highest BCUT2D eigenvalue weighted by Gasteiger charge is 2.19. The number of rotatable bonds is 42. The molecule has 65 heavy (non-hydrogen) atoms. The fraction of sp³-hybridized carbons (Fsp3) is 0.508. The molecule has 0 saturated carbocycles. The second-order valence-corrected chi connectivity index (χ2v) is 15.9. The predicted octanol–water partition coefficient (Wildman–Crippen LogP) is 16.6. The summed E-state index contributed by atoms with van der Waals surface area (Å²) in [5.41, 5.74) is 0. The molecule has 0 radical (unpaired) electrons. The first-order chi connectivity index (χ1) is 32.0. The molecule has 0 amide bonds. The summed E-state index contributed by atoms with van der Waals surface area (Å²) < 4.78 is 16.7. The normalized spacial score (nSPS) is 13.5. The van der Waals surface area contributed by atoms with Gasteiger partial charge in [-0.05, 0) is 77.0 Å². The van der Waals surface area contributed by atoms with Crippen LogP contribution in [0.25, 0.3) is 0 Å². The molecule has 0 saturated heterocycles. The molecule has 0 aliphatic carbocycles. The van der Waals surface area contributed by atoms with E-state index < -0.39 is 6.10 Å². The van der Waals surface area contributed by atoms with E-state index in [-0.39, 0.29) is 50.4 Å². The van der Waals surface area contributed by atoms with Crippen LogP contribution in [0.4, 0.5) is 0 Å². The summed E-state index contributed by atoms with van der Waals surface area (Å²) in [6.07, 6.45) is 75.1. The number of carbonyl (C=O) groups is 3. The van der Waals surface area contributed by atoms with Gasteiger partial charge in [-0.3, -0.25) is 14.4 Å². The Morgan fingerprint density at radius 3 is 1.17 bits per heavy atom. The molecular formula is C59H88O6. The maximum atomic E-state index is 12.8. The van der Waals surface area contributed by atoms with Gasteiger partial charge in [0.2, 0.25) is 0 Å². The maximum Gasteiger partial charge on any atom is 0.306 e. The third kappa shape index (κ3) is 49.9. The van der Waals surface area contributed by atoms with Crippen molar-refractivity contribution in [3.05, 3.63) is 158 Å². The monoisotopic (exact) mass is 893 g/mol. The average Bonchev–Trinajstić information content (AvgIpc) is 3.30. The molecule has 0 spiro atoms. The minimum atomic E-state index is -0.840. The van der Waals surface area contributed by atoms with Gasteiger partial charge in [-0.15, -0.1) is 0 Å². The molecule has 0 aliphatic heterocycles. The van der Waals surface area contributed by atoms with E-state index in [1.165, 1.54) is 38.5 Å². The van der Waals surface area contributed by atoms with Crippen molar-refractivity contribution in [2.45, 2.75) is 181 Å². The van der Waals surface area contributed by atoms with E-state index in [0.717, 1.165) is 83.5 Å². The third-order valence-corrected chi connectivity index (χ3v) is 9.80. The van der Waals surface area contributed by atoms with Crippen molar-refractivity contribution in [1.29, 1.82) is 0 Å². The number of ether oxygens (including phenoxy) is 3. The van der Waals surface area contributed by atoms with Crippen LogP contribution >= 0.6 is 0 Å². The van der Waals surface area contributed by atoms with Crippen LogP contribution in [0.1, 0.15) is 175 Å². The number of allylic oxidation sites excluding steroid dienone is 26. The Kier molecular flexibility index (Phi) is 47.7. The van der Waals surface area contributed by atoms with Crippen LogP contribution in [0.2, 0.25) is 0 Å². The van der Waals surface area contributed by atoms with Crippen molar-refractivity contribution in [1.82, 2.24) is 0 Å². The molecule has 360 valence electrons. The summed E-state index contributed by atoms with van der Waals surface area (Å²) in [5.74, 6) is -1.09. The van der Waals surface area contributed by atoms with E-state index in [1.807, 2.05) is 103 Å². The molecule has 0 aromatic rings. The fourth-order valence-electron chi connectivity index (χ4n) is 6.07. The average molecular weight is 893 g/mol. The Morgan fingerprint density at radius 1 is 0.338 bits per heavy atom. The van der Waals surface area contributed by atoms with Gasteiger partial charge in [0.05, 0.1) is 0 Å². The van der Waals surface area contributed by atoms with Crippen molar-refractivity contribution < 1.29 is 28.6 Å². The summed E-state index contributed by atoms with van der Waals surface area (Å²) in [4.78, 5) is 37.9. The lowest BCUT2D eigenvalue weighted by atomic mass is 10.1. The molecule has 0 fully saturated rings. The number of esters is 3. The summed E-state index contributed by atoms with van der Waals surface area (Å²) >= 11 is 0. The lowest BCUT2D eigenvalue weighted by Crippen LogP contribution is -2.30. The van der Waals surface area contributed by atoms with Crippen molar-refractivity contribution in [3.8, 4) is 0 Å². The van der Waals surface area contributed by atoms with E-state index in [4.69, 9.17) is 14.2 Å². The lowest BCUT2D eigenvalue weighted by molar-refractivity contribution is -0.166. The number of hydrogen-bond donors (Lipinski definition) is 0. The predicted molar refractivity (Wildman–Crippen MR) is 278 cm³/mol. The second-order valence-electron chi connectivity index (χ2n) is 15.9. The summed E-state index contributed by atoms with van der Waals surface area (Å²) in [5, 5.41) is 0. The van der Waals surface area contributed by atoms with Crippen molar-refractivity contribution in [2.75, 3.05) is 13.2 Å². The fourth-order valence-corrected chi connectivity index (χ4v) is 6.07. The van der Waals surface area contributed by atoms with E-state index in [2.05, 4.69) is 75.5 Å². The van der Waals surface area contributed by atoms with Gasteiger partial charge in [-0.1, -0.05) is 237 Å². The van der Waals surface area contributed by atoms with Gasteiger partial charge in [0.15, 0.2) is 6.10 Å². The molecule has 1 atom stereocenters. The summed E-state index contributed by atoms with van der Waals surface area (Å²) in [7, 11) is 0. The molecule has 0 aliphatic rings. The smallest absolute Gasteiger partial charge is 0.306 e. The number of carbonyl (C=O) groups excluding carboxylic acids is 3. The Morgan fingerprint density at radius 2 is 0.692 bits per heavy atom. The van der Waals surface area contributed by atoms with Crippen LogP contribution in [0, 0.1) is 0 Å². The van der Waals surface area contributed by atoms with Gasteiger partial charge in [-0.25, -0.2) is 0 Å². The SMILES string of the molecule is CC\C=C/C=C\C=C/C=C\C=C\C=C/C=C\CCCCCC(=O)OCC(COC(=O)CC/C=C\C/C=C\CCCCCCCC)OC(=O)CCCCCCC\C=C/C=C\C=C/C=C\CC. The molecule has 1 unspecified atom stereocenters. The van der Waals surface area contributed by atoms with Gasteiger partial charge in [0.25, 0.3) is 0 Å². The Hall–Kier alpha value is -4.97. The van der Waals surface area contributed by atoms with E-state index in [9.17, 15) is 14.4 Å². The van der Waals surface area contributed by atoms with Gasteiger partial charge in [0, 0.05) is 19.3 Å². The molecule has 0 aromatic carbocycles. The largest absolute Gasteiger partial charge is 0.462 e. The number of hydrogen-bond acceptors (Lipinski definition) is 6. The third-order valence-electron chi connectivity index (χ3n) is 9.80. The summed E-state index contributed by atoms with van der Waals surface area (Å²) in [6, 6.07) is 0. The van der Waals surface area contributed by atoms with E-state index in [1.54, 1.807) is 0 Å². The molecule has 0 aromatic heterocycles. The van der Waals surface area contributed by atoms with Gasteiger partial charge in [-0.2, -0.15) is 0 Å². The Balaban J connectivity index is 4.63. The van der Waals surface area contributed by atoms with Crippen molar-refractivity contribution >= 4 is 17.9 Å². The van der Waals surface area contributed by atoms with Crippen LogP contribution in [-0.2, 0) is 28.6 Å². The molecule has 0 rings (SSSR count). The zero-order chi connectivity index (χ0) is 47.2.